The van der Waals surface area contributed by atoms with Gasteiger partial charge >= 0.3 is 5.51 Å². The Morgan fingerprint density at radius 1 is 0.884 bits per heavy atom. The Morgan fingerprint density at radius 2 is 1.55 bits per heavy atom. The lowest BCUT2D eigenvalue weighted by molar-refractivity contribution is -0.0435. The van der Waals surface area contributed by atoms with Crippen LogP contribution in [0.1, 0.15) is 48.5 Å². The highest BCUT2D eigenvalue weighted by Crippen LogP contribution is 2.44. The second kappa shape index (κ2) is 23.6. The summed E-state index contributed by atoms with van der Waals surface area (Å²) in [6.45, 7) is 12.2. The van der Waals surface area contributed by atoms with E-state index in [9.17, 15) is 34.8 Å². The lowest BCUT2D eigenvalue weighted by Crippen LogP contribution is -2.49. The molecule has 0 radical (unpaired) electrons. The van der Waals surface area contributed by atoms with Gasteiger partial charge in [0.15, 0.2) is 0 Å². The van der Waals surface area contributed by atoms with E-state index in [1.54, 1.807) is 12.1 Å². The Bertz CT molecular complexity index is 2620. The van der Waals surface area contributed by atoms with Crippen molar-refractivity contribution in [3.8, 4) is 0 Å². The zero-order chi connectivity index (χ0) is 48.7. The molecule has 0 aromatic heterocycles. The number of piperazine rings is 2. The van der Waals surface area contributed by atoms with Crippen molar-refractivity contribution in [1.82, 2.24) is 24.7 Å². The average Bonchev–Trinajstić information content (AvgIpc) is 3.30. The lowest BCUT2D eigenvalue weighted by atomic mass is 9.71. The van der Waals surface area contributed by atoms with Crippen LogP contribution in [0.5, 0.6) is 0 Å². The van der Waals surface area contributed by atoms with Crippen molar-refractivity contribution in [3.63, 3.8) is 0 Å². The maximum Gasteiger partial charge on any atom is 0.501 e. The van der Waals surface area contributed by atoms with Crippen molar-refractivity contribution in [2.75, 3.05) is 102 Å². The fourth-order valence-electron chi connectivity index (χ4n) is 9.19. The predicted molar refractivity (Wildman–Crippen MR) is 274 cm³/mol. The van der Waals surface area contributed by atoms with Crippen molar-refractivity contribution >= 4 is 78.5 Å². The van der Waals surface area contributed by atoms with E-state index >= 15 is 0 Å². The Morgan fingerprint density at radius 3 is 2.19 bits per heavy atom. The third-order valence-electron chi connectivity index (χ3n) is 12.9. The van der Waals surface area contributed by atoms with Crippen LogP contribution in [-0.4, -0.2) is 141 Å². The molecule has 0 spiro atoms. The molecule has 2 fully saturated rings. The molecular formula is C49H62Cl2F3N7O5S3. The number of halogens is 5. The fraction of sp³-hybridized carbons (Fsp3) is 0.449. The number of carbonyl (C=O) groups is 1. The molecule has 376 valence electrons. The largest absolute Gasteiger partial charge is 0.501 e. The number of thioether (sulfide) groups is 1. The van der Waals surface area contributed by atoms with Crippen LogP contribution in [0, 0.1) is 5.41 Å². The summed E-state index contributed by atoms with van der Waals surface area (Å²) in [5.74, 6) is -0.650. The molecule has 20 heteroatoms. The lowest BCUT2D eigenvalue weighted by Gasteiger charge is -2.43. The van der Waals surface area contributed by atoms with Gasteiger partial charge in [-0.15, -0.1) is 24.2 Å². The van der Waals surface area contributed by atoms with E-state index < -0.39 is 52.8 Å². The van der Waals surface area contributed by atoms with E-state index in [1.165, 1.54) is 40.6 Å². The minimum Gasteiger partial charge on any atom is -0.380 e. The zero-order valence-electron chi connectivity index (χ0n) is 39.1. The molecule has 3 N–H and O–H groups in total. The topological polar surface area (TPSA) is 134 Å². The van der Waals surface area contributed by atoms with E-state index in [4.69, 9.17) is 11.6 Å². The normalized spacial score (nSPS) is 19.3. The number of hydrogen-bond acceptors (Lipinski definition) is 12. The van der Waals surface area contributed by atoms with Gasteiger partial charge in [-0.05, 0) is 130 Å². The van der Waals surface area contributed by atoms with Gasteiger partial charge < -0.3 is 25.3 Å². The maximum absolute atomic E-state index is 14.1. The highest BCUT2D eigenvalue weighted by atomic mass is 35.5. The van der Waals surface area contributed by atoms with Gasteiger partial charge in [0.05, 0.1) is 10.6 Å². The van der Waals surface area contributed by atoms with Crippen molar-refractivity contribution in [2.24, 2.45) is 5.41 Å². The van der Waals surface area contributed by atoms with Crippen LogP contribution in [0.25, 0.3) is 5.57 Å². The van der Waals surface area contributed by atoms with E-state index in [0.717, 1.165) is 112 Å². The number of amides is 1. The number of carbonyl (C=O) groups excluding carboxylic acids is 1. The van der Waals surface area contributed by atoms with Crippen molar-refractivity contribution in [1.29, 1.82) is 0 Å². The number of allylic oxidation sites excluding steroid dienone is 1. The quantitative estimate of drug-likeness (QED) is 0.0828. The number of anilines is 2. The number of nitrogens with zero attached hydrogens (tertiary/aromatic N) is 4. The van der Waals surface area contributed by atoms with Crippen molar-refractivity contribution in [2.45, 2.75) is 58.8 Å². The standard InChI is InChI=1S/C49H61ClF3N7O5S3.ClH/c1-48(35-59-25-22-54-23-26-59)21-19-44(36-9-13-39(50)14-10-36)38(32-48)33-58-27-29-60(30-28-58)41-15-11-37(12-16-41)47(61)56-68(64,65)43-17-18-45(46(31-43)67(62,63)49(51,52)53)55-40(20-24-57(2)3)34-66-42-7-5-4-6-8-42;/h4-18,31,40,54-55H,19-30,32-35H2,1-3H3,(H,56,61);1H/t40-,48?;/m1./s1. The number of sulfonamides is 1. The van der Waals surface area contributed by atoms with Crippen LogP contribution in [-0.2, 0) is 19.9 Å². The second-order valence-electron chi connectivity index (χ2n) is 18.5. The molecule has 7 rings (SSSR count). The maximum atomic E-state index is 14.1. The number of benzene rings is 4. The summed E-state index contributed by atoms with van der Waals surface area (Å²) in [4.78, 5) is 21.4. The fourth-order valence-corrected chi connectivity index (χ4v) is 12.3. The minimum absolute atomic E-state index is 0. The highest BCUT2D eigenvalue weighted by molar-refractivity contribution is 7.99. The van der Waals surface area contributed by atoms with Gasteiger partial charge in [-0.3, -0.25) is 9.69 Å². The van der Waals surface area contributed by atoms with E-state index in [0.29, 0.717) is 24.8 Å². The third-order valence-corrected chi connectivity index (χ3v) is 17.2. The Labute approximate surface area is 420 Å². The number of sulfone groups is 1. The summed E-state index contributed by atoms with van der Waals surface area (Å²) in [6, 6.07) is 25.9. The van der Waals surface area contributed by atoms with Crippen LogP contribution >= 0.6 is 35.8 Å². The summed E-state index contributed by atoms with van der Waals surface area (Å²) in [7, 11) is -7.20. The third kappa shape index (κ3) is 14.4. The predicted octanol–water partition coefficient (Wildman–Crippen LogP) is 8.37. The first-order valence-corrected chi connectivity index (χ1v) is 27.2. The van der Waals surface area contributed by atoms with Crippen LogP contribution in [0.15, 0.2) is 117 Å². The first kappa shape index (κ1) is 54.5. The van der Waals surface area contributed by atoms with Gasteiger partial charge in [-0.25, -0.2) is 21.6 Å². The van der Waals surface area contributed by atoms with Crippen molar-refractivity contribution < 1.29 is 34.8 Å². The monoisotopic (exact) mass is 1050 g/mol. The molecule has 2 heterocycles. The molecule has 1 unspecified atom stereocenters. The van der Waals surface area contributed by atoms with Gasteiger partial charge in [0.25, 0.3) is 25.8 Å². The molecule has 1 aliphatic carbocycles. The number of rotatable bonds is 18. The van der Waals surface area contributed by atoms with Gasteiger partial charge in [-0.1, -0.05) is 54.4 Å². The van der Waals surface area contributed by atoms with Gasteiger partial charge in [0.2, 0.25) is 0 Å². The molecule has 69 heavy (non-hydrogen) atoms. The van der Waals surface area contributed by atoms with Gasteiger partial charge in [0, 0.05) is 98.4 Å². The molecule has 1 amide bonds. The van der Waals surface area contributed by atoms with Crippen molar-refractivity contribution in [3.05, 3.63) is 119 Å². The van der Waals surface area contributed by atoms with E-state index in [-0.39, 0.29) is 23.4 Å². The number of hydrogen-bond donors (Lipinski definition) is 3. The summed E-state index contributed by atoms with van der Waals surface area (Å²) in [6.07, 6.45) is 3.60. The molecule has 0 saturated carbocycles. The zero-order valence-corrected chi connectivity index (χ0v) is 43.1. The Hall–Kier alpha value is -3.85. The smallest absolute Gasteiger partial charge is 0.380 e. The first-order chi connectivity index (χ1) is 32.3. The van der Waals surface area contributed by atoms with E-state index in [1.807, 2.05) is 66.2 Å². The molecule has 12 nitrogen and oxygen atoms in total. The van der Waals surface area contributed by atoms with E-state index in [2.05, 4.69) is 44.4 Å². The SMILES string of the molecule is CN(C)CC[C@H](CSc1ccccc1)Nc1ccc(S(=O)(=O)NC(=O)c2ccc(N3CCN(CC4=C(c5ccc(Cl)cc5)CCC(C)(CN5CCNCC5)C4)CC3)cc2)cc1S(=O)(=O)C(F)(F)F.Cl. The van der Waals surface area contributed by atoms with Gasteiger partial charge in [-0.2, -0.15) is 13.2 Å². The molecule has 2 aliphatic heterocycles. The molecule has 2 atom stereocenters. The minimum atomic E-state index is -6.04. The highest BCUT2D eigenvalue weighted by Gasteiger charge is 2.48. The Balaban J connectivity index is 0.00000782. The summed E-state index contributed by atoms with van der Waals surface area (Å²) >= 11 is 7.72. The van der Waals surface area contributed by atoms with Crippen LogP contribution in [0.3, 0.4) is 0 Å². The molecule has 0 bridgehead atoms. The summed E-state index contributed by atoms with van der Waals surface area (Å²) in [5, 5.41) is 7.13. The van der Waals surface area contributed by atoms with Crippen LogP contribution in [0.2, 0.25) is 5.02 Å². The summed E-state index contributed by atoms with van der Waals surface area (Å²) in [5.41, 5.74) is -1.01. The molecular weight excluding hydrogens is 991 g/mol. The molecule has 4 aromatic carbocycles. The molecule has 4 aromatic rings. The number of alkyl halides is 3. The first-order valence-electron chi connectivity index (χ1n) is 22.9. The molecule has 3 aliphatic rings. The average molecular weight is 1050 g/mol. The number of nitrogens with one attached hydrogen (secondary N) is 3. The summed E-state index contributed by atoms with van der Waals surface area (Å²) < 4.78 is 97.4. The second-order valence-corrected chi connectivity index (χ2v) is 23.6. The van der Waals surface area contributed by atoms with Crippen LogP contribution < -0.4 is 20.3 Å². The molecule has 2 saturated heterocycles. The van der Waals surface area contributed by atoms with Crippen LogP contribution in [0.4, 0.5) is 24.5 Å². The Kier molecular flexibility index (Phi) is 18.6. The van der Waals surface area contributed by atoms with Gasteiger partial charge in [0.1, 0.15) is 4.90 Å².